The van der Waals surface area contributed by atoms with E-state index in [1.807, 2.05) is 27.4 Å². The molecule has 0 radical (unpaired) electrons. The van der Waals surface area contributed by atoms with Crippen LogP contribution in [0.2, 0.25) is 0 Å². The van der Waals surface area contributed by atoms with Gasteiger partial charge in [-0.1, -0.05) is 20.5 Å². The molecular formula is C14H29O2P. The van der Waals surface area contributed by atoms with Gasteiger partial charge in [0.2, 0.25) is 0 Å². The van der Waals surface area contributed by atoms with Gasteiger partial charge in [0.1, 0.15) is 5.60 Å². The second-order valence-corrected chi connectivity index (χ2v) is 5.37. The zero-order chi connectivity index (χ0) is 13.5. The van der Waals surface area contributed by atoms with E-state index in [1.54, 1.807) is 0 Å². The molecule has 0 aromatic rings. The molecule has 0 aromatic carbocycles. The van der Waals surface area contributed by atoms with Crippen LogP contribution in [-0.2, 0) is 9.53 Å². The Labute approximate surface area is 109 Å². The third-order valence-corrected chi connectivity index (χ3v) is 3.90. The first-order chi connectivity index (χ1) is 7.96. The Morgan fingerprint density at radius 1 is 1.24 bits per heavy atom. The molecule has 17 heavy (non-hydrogen) atoms. The van der Waals surface area contributed by atoms with Crippen molar-refractivity contribution in [3.05, 3.63) is 0 Å². The smallest absolute Gasteiger partial charge is 0.312 e. The fraction of sp³-hybridized carbons (Fsp3) is 0.929. The van der Waals surface area contributed by atoms with Gasteiger partial charge in [-0.25, -0.2) is 0 Å². The summed E-state index contributed by atoms with van der Waals surface area (Å²) in [6, 6.07) is 0. The van der Waals surface area contributed by atoms with Crippen molar-refractivity contribution in [3.63, 3.8) is 0 Å². The van der Waals surface area contributed by atoms with Gasteiger partial charge in [-0.15, -0.1) is 9.24 Å². The monoisotopic (exact) mass is 260 g/mol. The number of hydrogen-bond acceptors (Lipinski definition) is 2. The third kappa shape index (κ3) is 4.58. The predicted molar refractivity (Wildman–Crippen MR) is 77.3 cm³/mol. The maximum atomic E-state index is 12.0. The lowest BCUT2D eigenvalue weighted by Gasteiger charge is -2.32. The van der Waals surface area contributed by atoms with Crippen molar-refractivity contribution >= 4 is 15.2 Å². The molecule has 0 aromatic heterocycles. The summed E-state index contributed by atoms with van der Waals surface area (Å²) in [5.41, 5.74) is -0.464. The van der Waals surface area contributed by atoms with Crippen LogP contribution in [0.4, 0.5) is 0 Å². The summed E-state index contributed by atoms with van der Waals surface area (Å²) in [6.45, 7) is 10.0. The lowest BCUT2D eigenvalue weighted by molar-refractivity contribution is -0.170. The molecule has 0 N–H and O–H groups in total. The molecule has 1 saturated carbocycles. The zero-order valence-electron chi connectivity index (χ0n) is 12.1. The van der Waals surface area contributed by atoms with Crippen molar-refractivity contribution in [2.75, 3.05) is 6.66 Å². The highest BCUT2D eigenvalue weighted by atomic mass is 31.0. The standard InChI is InChI=1S/C13H24O2.CH5P/c1-5-12(3,4)11(14)15-13(6-2)9-7-8-10-13;1-2/h5-10H2,1-4H3;2H2,1H3. The number of carbonyl (C=O) groups is 1. The van der Waals surface area contributed by atoms with Crippen LogP contribution in [0.5, 0.6) is 0 Å². The minimum absolute atomic E-state index is 0.0197. The fourth-order valence-corrected chi connectivity index (χ4v) is 2.03. The summed E-state index contributed by atoms with van der Waals surface area (Å²) < 4.78 is 5.76. The second kappa shape index (κ2) is 7.36. The molecule has 1 fully saturated rings. The van der Waals surface area contributed by atoms with E-state index in [9.17, 15) is 4.79 Å². The molecule has 1 atom stereocenters. The van der Waals surface area contributed by atoms with E-state index < -0.39 is 0 Å². The number of carbonyl (C=O) groups excluding carboxylic acids is 1. The summed E-state index contributed by atoms with van der Waals surface area (Å²) in [4.78, 5) is 12.0. The number of esters is 1. The molecule has 1 rings (SSSR count). The first-order valence-corrected chi connectivity index (χ1v) is 7.92. The predicted octanol–water partition coefficient (Wildman–Crippen LogP) is 4.18. The van der Waals surface area contributed by atoms with Crippen LogP contribution in [0, 0.1) is 5.41 Å². The minimum atomic E-state index is -0.329. The molecule has 0 heterocycles. The Hall–Kier alpha value is -0.100. The van der Waals surface area contributed by atoms with E-state index >= 15 is 0 Å². The van der Waals surface area contributed by atoms with E-state index in [2.05, 4.69) is 16.2 Å². The Morgan fingerprint density at radius 2 is 1.71 bits per heavy atom. The first-order valence-electron chi connectivity index (χ1n) is 6.77. The Morgan fingerprint density at radius 3 is 2.06 bits per heavy atom. The molecule has 0 aliphatic heterocycles. The highest BCUT2D eigenvalue weighted by Crippen LogP contribution is 2.38. The molecular weight excluding hydrogens is 231 g/mol. The molecule has 3 heteroatoms. The van der Waals surface area contributed by atoms with E-state index in [1.165, 1.54) is 12.8 Å². The summed E-state index contributed by atoms with van der Waals surface area (Å²) in [5, 5.41) is 0. The molecule has 102 valence electrons. The van der Waals surface area contributed by atoms with Crippen LogP contribution in [-0.4, -0.2) is 18.2 Å². The number of ether oxygens (including phenoxy) is 1. The average Bonchev–Trinajstić information content (AvgIpc) is 2.81. The van der Waals surface area contributed by atoms with Crippen molar-refractivity contribution in [2.24, 2.45) is 5.41 Å². The Kier molecular flexibility index (Phi) is 7.32. The van der Waals surface area contributed by atoms with Crippen molar-refractivity contribution in [1.29, 1.82) is 0 Å². The van der Waals surface area contributed by atoms with Gasteiger partial charge >= 0.3 is 5.97 Å². The van der Waals surface area contributed by atoms with Crippen molar-refractivity contribution in [1.82, 2.24) is 0 Å². The zero-order valence-corrected chi connectivity index (χ0v) is 13.3. The minimum Gasteiger partial charge on any atom is -0.459 e. The largest absolute Gasteiger partial charge is 0.459 e. The normalized spacial score (nSPS) is 18.2. The topological polar surface area (TPSA) is 26.3 Å². The molecule has 2 nitrogen and oxygen atoms in total. The molecule has 0 amide bonds. The summed E-state index contributed by atoms with van der Waals surface area (Å²) in [6.07, 6.45) is 6.30. The SMILES string of the molecule is CCC1(OC(=O)C(C)(C)CC)CCCC1.CP. The molecule has 1 unspecified atom stereocenters. The lowest BCUT2D eigenvalue weighted by atomic mass is 9.89. The Balaban J connectivity index is 0.00000121. The Bertz CT molecular complexity index is 230. The van der Waals surface area contributed by atoms with Gasteiger partial charge < -0.3 is 4.74 Å². The summed E-state index contributed by atoms with van der Waals surface area (Å²) in [5.74, 6) is -0.0197. The van der Waals surface area contributed by atoms with Gasteiger partial charge in [-0.2, -0.15) is 0 Å². The van der Waals surface area contributed by atoms with Crippen molar-refractivity contribution in [2.45, 2.75) is 71.8 Å². The van der Waals surface area contributed by atoms with Gasteiger partial charge in [-0.3, -0.25) is 4.79 Å². The van der Waals surface area contributed by atoms with E-state index in [0.717, 1.165) is 25.7 Å². The van der Waals surface area contributed by atoms with E-state index in [4.69, 9.17) is 4.74 Å². The van der Waals surface area contributed by atoms with Gasteiger partial charge in [0.15, 0.2) is 0 Å². The summed E-state index contributed by atoms with van der Waals surface area (Å²) >= 11 is 0. The van der Waals surface area contributed by atoms with Gasteiger partial charge in [0.25, 0.3) is 0 Å². The molecule has 1 aliphatic carbocycles. The van der Waals surface area contributed by atoms with Crippen LogP contribution in [0.1, 0.15) is 66.2 Å². The fourth-order valence-electron chi connectivity index (χ4n) is 2.03. The van der Waals surface area contributed by atoms with E-state index in [-0.39, 0.29) is 17.0 Å². The highest BCUT2D eigenvalue weighted by Gasteiger charge is 2.39. The maximum Gasteiger partial charge on any atom is 0.312 e. The molecule has 1 aliphatic rings. The molecule has 0 saturated heterocycles. The van der Waals surface area contributed by atoms with Gasteiger partial charge in [0.05, 0.1) is 5.41 Å². The van der Waals surface area contributed by atoms with Crippen molar-refractivity contribution in [3.8, 4) is 0 Å². The average molecular weight is 260 g/mol. The first kappa shape index (κ1) is 16.9. The van der Waals surface area contributed by atoms with Crippen LogP contribution in [0.15, 0.2) is 0 Å². The molecule has 0 spiro atoms. The summed E-state index contributed by atoms with van der Waals surface area (Å²) in [7, 11) is 2.42. The van der Waals surface area contributed by atoms with Gasteiger partial charge in [-0.05, 0) is 52.4 Å². The maximum absolute atomic E-state index is 12.0. The highest BCUT2D eigenvalue weighted by molar-refractivity contribution is 7.15. The number of rotatable bonds is 4. The van der Waals surface area contributed by atoms with Crippen LogP contribution < -0.4 is 0 Å². The second-order valence-electron chi connectivity index (χ2n) is 5.37. The van der Waals surface area contributed by atoms with Crippen molar-refractivity contribution < 1.29 is 9.53 Å². The quantitative estimate of drug-likeness (QED) is 0.560. The van der Waals surface area contributed by atoms with Crippen LogP contribution in [0.3, 0.4) is 0 Å². The number of hydrogen-bond donors (Lipinski definition) is 0. The van der Waals surface area contributed by atoms with E-state index in [0.29, 0.717) is 0 Å². The van der Waals surface area contributed by atoms with Crippen LogP contribution in [0.25, 0.3) is 0 Å². The third-order valence-electron chi connectivity index (χ3n) is 3.90. The lowest BCUT2D eigenvalue weighted by Crippen LogP contribution is -2.37. The van der Waals surface area contributed by atoms with Gasteiger partial charge in [0, 0.05) is 0 Å². The van der Waals surface area contributed by atoms with Crippen LogP contribution >= 0.6 is 9.24 Å². The molecule has 0 bridgehead atoms.